The molecule has 3 aliphatic carbocycles. The SMILES string of the molecule is C[C@H]1CCc2c(sc(NC(=O)[C@@H]3[C@@H](C(=O)O)[C@H]4C=C[C@H]3C4)c2C#N)C1. The zero-order valence-electron chi connectivity index (χ0n) is 14.0. The van der Waals surface area contributed by atoms with Crippen LogP contribution in [-0.4, -0.2) is 17.0 Å². The lowest BCUT2D eigenvalue weighted by Crippen LogP contribution is -2.36. The van der Waals surface area contributed by atoms with Gasteiger partial charge in [0.15, 0.2) is 0 Å². The van der Waals surface area contributed by atoms with Crippen molar-refractivity contribution in [2.75, 3.05) is 5.32 Å². The fourth-order valence-corrected chi connectivity index (χ4v) is 6.03. The van der Waals surface area contributed by atoms with Gasteiger partial charge in [-0.2, -0.15) is 5.26 Å². The first kappa shape index (κ1) is 16.3. The molecule has 1 saturated carbocycles. The standard InChI is InChI=1S/C19H20N2O3S/c1-9-2-5-12-13(8-20)18(25-14(12)6-9)21-17(22)15-10-3-4-11(7-10)16(15)19(23)24/h3-4,9-11,15-16H,2,5-7H2,1H3,(H,21,22)(H,23,24)/t9-,10-,11-,15-,16-/m0/s1. The normalized spacial score (nSPS) is 32.2. The molecule has 3 aliphatic rings. The van der Waals surface area contributed by atoms with Crippen LogP contribution in [0.25, 0.3) is 0 Å². The van der Waals surface area contributed by atoms with E-state index < -0.39 is 17.8 Å². The van der Waals surface area contributed by atoms with E-state index in [2.05, 4.69) is 18.3 Å². The second-order valence-electron chi connectivity index (χ2n) is 7.50. The lowest BCUT2D eigenvalue weighted by Gasteiger charge is -2.23. The molecule has 4 rings (SSSR count). The van der Waals surface area contributed by atoms with Gasteiger partial charge in [-0.15, -0.1) is 11.3 Å². The zero-order valence-corrected chi connectivity index (χ0v) is 14.8. The quantitative estimate of drug-likeness (QED) is 0.814. The highest BCUT2D eigenvalue weighted by molar-refractivity contribution is 7.16. The number of aliphatic carboxylic acids is 1. The number of nitrogens with one attached hydrogen (secondary N) is 1. The van der Waals surface area contributed by atoms with Crippen LogP contribution >= 0.6 is 11.3 Å². The van der Waals surface area contributed by atoms with Gasteiger partial charge in [0.25, 0.3) is 0 Å². The number of carboxylic acids is 1. The van der Waals surface area contributed by atoms with Gasteiger partial charge in [-0.3, -0.25) is 9.59 Å². The van der Waals surface area contributed by atoms with Gasteiger partial charge in [0.05, 0.1) is 17.4 Å². The fraction of sp³-hybridized carbons (Fsp3) is 0.526. The predicted octanol–water partition coefficient (Wildman–Crippen LogP) is 3.21. The van der Waals surface area contributed by atoms with Crippen molar-refractivity contribution in [3.8, 4) is 6.07 Å². The number of hydrogen-bond acceptors (Lipinski definition) is 4. The summed E-state index contributed by atoms with van der Waals surface area (Å²) in [5, 5.41) is 22.6. The number of thiophene rings is 1. The molecular formula is C19H20N2O3S. The minimum atomic E-state index is -0.906. The Morgan fingerprint density at radius 2 is 2.04 bits per heavy atom. The molecule has 0 spiro atoms. The number of hydrogen-bond donors (Lipinski definition) is 2. The lowest BCUT2D eigenvalue weighted by atomic mass is 9.82. The van der Waals surface area contributed by atoms with Crippen molar-refractivity contribution in [3.63, 3.8) is 0 Å². The van der Waals surface area contributed by atoms with Crippen LogP contribution < -0.4 is 5.32 Å². The van der Waals surface area contributed by atoms with E-state index in [0.717, 1.165) is 31.2 Å². The van der Waals surface area contributed by atoms with Crippen LogP contribution in [0.5, 0.6) is 0 Å². The summed E-state index contributed by atoms with van der Waals surface area (Å²) in [6.07, 6.45) is 7.52. The topological polar surface area (TPSA) is 90.2 Å². The van der Waals surface area contributed by atoms with Crippen molar-refractivity contribution in [2.45, 2.75) is 32.6 Å². The molecule has 2 N–H and O–H groups in total. The summed E-state index contributed by atoms with van der Waals surface area (Å²) < 4.78 is 0. The number of nitrogens with zero attached hydrogens (tertiary/aromatic N) is 1. The number of rotatable bonds is 3. The molecule has 1 heterocycles. The third-order valence-electron chi connectivity index (χ3n) is 5.91. The summed E-state index contributed by atoms with van der Waals surface area (Å²) in [5.41, 5.74) is 1.65. The van der Waals surface area contributed by atoms with Crippen molar-refractivity contribution in [2.24, 2.45) is 29.6 Å². The molecule has 0 unspecified atom stereocenters. The highest BCUT2D eigenvalue weighted by atomic mass is 32.1. The first-order chi connectivity index (χ1) is 12.0. The van der Waals surface area contributed by atoms with Crippen LogP contribution in [0.3, 0.4) is 0 Å². The molecule has 0 saturated heterocycles. The maximum absolute atomic E-state index is 12.9. The molecule has 2 bridgehead atoms. The van der Waals surface area contributed by atoms with E-state index in [1.54, 1.807) is 0 Å². The summed E-state index contributed by atoms with van der Waals surface area (Å²) in [6, 6.07) is 2.25. The second-order valence-corrected chi connectivity index (χ2v) is 8.60. The molecule has 5 atom stereocenters. The summed E-state index contributed by atoms with van der Waals surface area (Å²) in [7, 11) is 0. The van der Waals surface area contributed by atoms with Gasteiger partial charge in [0.1, 0.15) is 11.1 Å². The molecule has 0 aromatic carbocycles. The number of carboxylic acid groups (broad SMARTS) is 1. The maximum atomic E-state index is 12.9. The highest BCUT2D eigenvalue weighted by Gasteiger charge is 2.51. The number of anilines is 1. The van der Waals surface area contributed by atoms with Gasteiger partial charge in [0.2, 0.25) is 5.91 Å². The maximum Gasteiger partial charge on any atom is 0.307 e. The van der Waals surface area contributed by atoms with Crippen LogP contribution in [-0.2, 0) is 22.4 Å². The number of carbonyl (C=O) groups is 2. The molecule has 130 valence electrons. The first-order valence-corrected chi connectivity index (χ1v) is 9.58. The number of fused-ring (bicyclic) bond motifs is 3. The Bertz CT molecular complexity index is 819. The van der Waals surface area contributed by atoms with Crippen molar-refractivity contribution in [1.82, 2.24) is 0 Å². The van der Waals surface area contributed by atoms with Gasteiger partial charge >= 0.3 is 5.97 Å². The number of carbonyl (C=O) groups excluding carboxylic acids is 1. The monoisotopic (exact) mass is 356 g/mol. The highest BCUT2D eigenvalue weighted by Crippen LogP contribution is 2.49. The van der Waals surface area contributed by atoms with E-state index in [4.69, 9.17) is 0 Å². The molecule has 1 aromatic rings. The van der Waals surface area contributed by atoms with Crippen molar-refractivity contribution in [3.05, 3.63) is 28.2 Å². The van der Waals surface area contributed by atoms with Gasteiger partial charge in [-0.25, -0.2) is 0 Å². The van der Waals surface area contributed by atoms with Gasteiger partial charge in [-0.05, 0) is 49.0 Å². The van der Waals surface area contributed by atoms with E-state index >= 15 is 0 Å². The Hall–Kier alpha value is -2.13. The Labute approximate surface area is 150 Å². The molecule has 25 heavy (non-hydrogen) atoms. The van der Waals surface area contributed by atoms with Gasteiger partial charge in [0, 0.05) is 4.88 Å². The molecular weight excluding hydrogens is 336 g/mol. The van der Waals surface area contributed by atoms with E-state index in [-0.39, 0.29) is 17.7 Å². The molecule has 6 heteroatoms. The third-order valence-corrected chi connectivity index (χ3v) is 7.08. The molecule has 0 aliphatic heterocycles. The van der Waals surface area contributed by atoms with Crippen molar-refractivity contribution >= 4 is 28.2 Å². The number of allylic oxidation sites excluding steroid dienone is 2. The smallest absolute Gasteiger partial charge is 0.307 e. The average Bonchev–Trinajstić information content (AvgIpc) is 3.25. The van der Waals surface area contributed by atoms with Crippen LogP contribution in [0.1, 0.15) is 35.8 Å². The van der Waals surface area contributed by atoms with Crippen LogP contribution in [0, 0.1) is 40.9 Å². The minimum Gasteiger partial charge on any atom is -0.481 e. The zero-order chi connectivity index (χ0) is 17.7. The van der Waals surface area contributed by atoms with E-state index in [1.165, 1.54) is 16.2 Å². The lowest BCUT2D eigenvalue weighted by molar-refractivity contribution is -0.146. The molecule has 1 fully saturated rings. The minimum absolute atomic E-state index is 0.00811. The predicted molar refractivity (Wildman–Crippen MR) is 94.2 cm³/mol. The Kier molecular flexibility index (Phi) is 3.92. The largest absolute Gasteiger partial charge is 0.481 e. The van der Waals surface area contributed by atoms with Crippen LogP contribution in [0.4, 0.5) is 5.00 Å². The van der Waals surface area contributed by atoms with Crippen molar-refractivity contribution < 1.29 is 14.7 Å². The van der Waals surface area contributed by atoms with E-state index in [0.29, 0.717) is 16.5 Å². The molecule has 0 radical (unpaired) electrons. The first-order valence-electron chi connectivity index (χ1n) is 8.76. The third kappa shape index (κ3) is 2.58. The Balaban J connectivity index is 1.61. The molecule has 1 aromatic heterocycles. The Morgan fingerprint density at radius 3 is 2.72 bits per heavy atom. The Morgan fingerprint density at radius 1 is 1.32 bits per heavy atom. The summed E-state index contributed by atoms with van der Waals surface area (Å²) in [6.45, 7) is 2.20. The second kappa shape index (κ2) is 5.99. The summed E-state index contributed by atoms with van der Waals surface area (Å²) in [5.74, 6) is -1.83. The summed E-state index contributed by atoms with van der Waals surface area (Å²) >= 11 is 1.49. The van der Waals surface area contributed by atoms with Crippen LogP contribution in [0.2, 0.25) is 0 Å². The van der Waals surface area contributed by atoms with Gasteiger partial charge in [-0.1, -0.05) is 19.1 Å². The van der Waals surface area contributed by atoms with Crippen molar-refractivity contribution in [1.29, 1.82) is 5.26 Å². The van der Waals surface area contributed by atoms with Crippen LogP contribution in [0.15, 0.2) is 12.2 Å². The molecule has 1 amide bonds. The number of nitriles is 1. The van der Waals surface area contributed by atoms with Gasteiger partial charge < -0.3 is 10.4 Å². The van der Waals surface area contributed by atoms with E-state index in [1.807, 2.05) is 12.2 Å². The van der Waals surface area contributed by atoms with E-state index in [9.17, 15) is 20.0 Å². The number of amides is 1. The summed E-state index contributed by atoms with van der Waals surface area (Å²) in [4.78, 5) is 25.7. The average molecular weight is 356 g/mol. The fourth-order valence-electron chi connectivity index (χ4n) is 4.67. The molecule has 5 nitrogen and oxygen atoms in total.